The largest absolute Gasteiger partial charge is 0.381 e. The maximum Gasteiger partial charge on any atom is 0.244 e. The maximum absolute atomic E-state index is 12.3. The van der Waals surface area contributed by atoms with Gasteiger partial charge in [-0.25, -0.2) is 0 Å². The molecule has 1 amide bonds. The molecule has 3 rings (SSSR count). The minimum atomic E-state index is -0.839. The summed E-state index contributed by atoms with van der Waals surface area (Å²) in [6.07, 6.45) is 0.785. The first-order chi connectivity index (χ1) is 10.2. The van der Waals surface area contributed by atoms with Crippen molar-refractivity contribution in [2.45, 2.75) is 24.7 Å². The molecule has 2 aliphatic rings. The van der Waals surface area contributed by atoms with E-state index < -0.39 is 5.54 Å². The highest BCUT2D eigenvalue weighted by atomic mass is 16.7. The zero-order valence-corrected chi connectivity index (χ0v) is 11.8. The lowest BCUT2D eigenvalue weighted by Crippen LogP contribution is -2.54. The Hall–Kier alpha value is -1.47. The average Bonchev–Trinajstić information content (AvgIpc) is 3.03. The molecule has 6 nitrogen and oxygen atoms in total. The number of anilines is 1. The molecule has 0 bridgehead atoms. The third-order valence-electron chi connectivity index (χ3n) is 3.90. The molecule has 0 aromatic heterocycles. The van der Waals surface area contributed by atoms with Gasteiger partial charge in [0.1, 0.15) is 5.54 Å². The van der Waals surface area contributed by atoms with Gasteiger partial charge >= 0.3 is 0 Å². The van der Waals surface area contributed by atoms with E-state index in [0.717, 1.165) is 11.3 Å². The van der Waals surface area contributed by atoms with Gasteiger partial charge < -0.3 is 25.3 Å². The fourth-order valence-electron chi connectivity index (χ4n) is 2.49. The summed E-state index contributed by atoms with van der Waals surface area (Å²) in [5.74, 6) is -0.160. The molecule has 114 valence electrons. The van der Waals surface area contributed by atoms with Gasteiger partial charge in [0.15, 0.2) is 6.29 Å². The Balaban J connectivity index is 1.63. The third-order valence-corrected chi connectivity index (χ3v) is 3.90. The summed E-state index contributed by atoms with van der Waals surface area (Å²) in [7, 11) is 0. The van der Waals surface area contributed by atoms with Crippen LogP contribution in [-0.4, -0.2) is 37.9 Å². The first-order valence-electron chi connectivity index (χ1n) is 7.19. The van der Waals surface area contributed by atoms with Crippen LogP contribution in [0.3, 0.4) is 0 Å². The van der Waals surface area contributed by atoms with E-state index in [0.29, 0.717) is 39.3 Å². The lowest BCUT2D eigenvalue weighted by Gasteiger charge is -2.31. The van der Waals surface area contributed by atoms with Crippen LogP contribution in [0.1, 0.15) is 24.7 Å². The number of carbonyl (C=O) groups excluding carboxylic acids is 1. The molecule has 0 radical (unpaired) electrons. The third kappa shape index (κ3) is 3.24. The van der Waals surface area contributed by atoms with Crippen LogP contribution in [-0.2, 0) is 19.0 Å². The van der Waals surface area contributed by atoms with Crippen molar-refractivity contribution in [2.75, 3.05) is 31.7 Å². The number of hydrogen-bond donors (Lipinski definition) is 2. The quantitative estimate of drug-likeness (QED) is 0.874. The molecule has 1 aromatic rings. The molecule has 0 aliphatic carbocycles. The molecule has 0 unspecified atom stereocenters. The molecule has 1 aromatic carbocycles. The van der Waals surface area contributed by atoms with Crippen molar-refractivity contribution in [1.29, 1.82) is 0 Å². The number of amides is 1. The highest BCUT2D eigenvalue weighted by Gasteiger charge is 2.35. The minimum Gasteiger partial charge on any atom is -0.381 e. The number of rotatable bonds is 3. The predicted molar refractivity (Wildman–Crippen MR) is 76.7 cm³/mol. The van der Waals surface area contributed by atoms with E-state index in [1.54, 1.807) is 0 Å². The topological polar surface area (TPSA) is 82.8 Å². The predicted octanol–water partition coefficient (Wildman–Crippen LogP) is 1.18. The minimum absolute atomic E-state index is 0.160. The molecular formula is C15H20N2O4. The Bertz CT molecular complexity index is 491. The van der Waals surface area contributed by atoms with Crippen molar-refractivity contribution < 1.29 is 19.0 Å². The molecule has 0 saturated carbocycles. The van der Waals surface area contributed by atoms with Crippen LogP contribution in [0.15, 0.2) is 24.3 Å². The number of nitrogens with two attached hydrogens (primary N) is 1. The van der Waals surface area contributed by atoms with Crippen molar-refractivity contribution in [3.63, 3.8) is 0 Å². The molecule has 2 fully saturated rings. The Morgan fingerprint density at radius 3 is 2.33 bits per heavy atom. The van der Waals surface area contributed by atoms with Crippen LogP contribution in [0, 0.1) is 0 Å². The number of hydrogen-bond acceptors (Lipinski definition) is 5. The van der Waals surface area contributed by atoms with Gasteiger partial charge in [-0.3, -0.25) is 4.79 Å². The van der Waals surface area contributed by atoms with E-state index in [2.05, 4.69) is 5.32 Å². The molecule has 2 aliphatic heterocycles. The van der Waals surface area contributed by atoms with E-state index in [4.69, 9.17) is 19.9 Å². The van der Waals surface area contributed by atoms with Crippen LogP contribution in [0.4, 0.5) is 5.69 Å². The molecule has 0 spiro atoms. The lowest BCUT2D eigenvalue weighted by molar-refractivity contribution is -0.124. The van der Waals surface area contributed by atoms with E-state index >= 15 is 0 Å². The SMILES string of the molecule is NC1(C(=O)Nc2ccc(C3OCCO3)cc2)CCOCC1. The van der Waals surface area contributed by atoms with E-state index in [-0.39, 0.29) is 12.2 Å². The second-order valence-electron chi connectivity index (χ2n) is 5.42. The molecular weight excluding hydrogens is 272 g/mol. The van der Waals surface area contributed by atoms with Gasteiger partial charge in [-0.1, -0.05) is 12.1 Å². The monoisotopic (exact) mass is 292 g/mol. The summed E-state index contributed by atoms with van der Waals surface area (Å²) in [6.45, 7) is 2.28. The van der Waals surface area contributed by atoms with Crippen molar-refractivity contribution in [3.8, 4) is 0 Å². The van der Waals surface area contributed by atoms with Crippen LogP contribution in [0.25, 0.3) is 0 Å². The fourth-order valence-corrected chi connectivity index (χ4v) is 2.49. The van der Waals surface area contributed by atoms with Gasteiger partial charge in [0.05, 0.1) is 13.2 Å². The lowest BCUT2D eigenvalue weighted by atomic mass is 9.90. The average molecular weight is 292 g/mol. The van der Waals surface area contributed by atoms with Crippen molar-refractivity contribution in [1.82, 2.24) is 0 Å². The molecule has 0 atom stereocenters. The second kappa shape index (κ2) is 6.11. The summed E-state index contributed by atoms with van der Waals surface area (Å²) in [4.78, 5) is 12.3. The summed E-state index contributed by atoms with van der Waals surface area (Å²) in [5, 5.41) is 2.87. The summed E-state index contributed by atoms with van der Waals surface area (Å²) in [5.41, 5.74) is 6.97. The summed E-state index contributed by atoms with van der Waals surface area (Å²) in [6, 6.07) is 7.44. The first kappa shape index (κ1) is 14.5. The highest BCUT2D eigenvalue weighted by Crippen LogP contribution is 2.25. The van der Waals surface area contributed by atoms with Crippen molar-refractivity contribution >= 4 is 11.6 Å². The van der Waals surface area contributed by atoms with Crippen molar-refractivity contribution in [3.05, 3.63) is 29.8 Å². The Labute approximate surface area is 123 Å². The summed E-state index contributed by atoms with van der Waals surface area (Å²) >= 11 is 0. The van der Waals surface area contributed by atoms with Crippen LogP contribution < -0.4 is 11.1 Å². The first-order valence-corrected chi connectivity index (χ1v) is 7.19. The molecule has 21 heavy (non-hydrogen) atoms. The zero-order valence-electron chi connectivity index (χ0n) is 11.8. The Kier molecular flexibility index (Phi) is 4.21. The van der Waals surface area contributed by atoms with Gasteiger partial charge in [0, 0.05) is 24.5 Å². The van der Waals surface area contributed by atoms with Crippen LogP contribution in [0.2, 0.25) is 0 Å². The van der Waals surface area contributed by atoms with Gasteiger partial charge in [-0.15, -0.1) is 0 Å². The van der Waals surface area contributed by atoms with Gasteiger partial charge in [-0.05, 0) is 25.0 Å². The molecule has 3 N–H and O–H groups in total. The van der Waals surface area contributed by atoms with Gasteiger partial charge in [0.2, 0.25) is 5.91 Å². The van der Waals surface area contributed by atoms with E-state index in [9.17, 15) is 4.79 Å². The van der Waals surface area contributed by atoms with Gasteiger partial charge in [0.25, 0.3) is 0 Å². The van der Waals surface area contributed by atoms with Crippen molar-refractivity contribution in [2.24, 2.45) is 5.73 Å². The number of benzene rings is 1. The van der Waals surface area contributed by atoms with E-state index in [1.807, 2.05) is 24.3 Å². The standard InChI is InChI=1S/C15H20N2O4/c16-15(5-7-19-8-6-15)14(18)17-12-3-1-11(2-4-12)13-20-9-10-21-13/h1-4,13H,5-10,16H2,(H,17,18). The smallest absolute Gasteiger partial charge is 0.244 e. The van der Waals surface area contributed by atoms with Crippen LogP contribution in [0.5, 0.6) is 0 Å². The van der Waals surface area contributed by atoms with Gasteiger partial charge in [-0.2, -0.15) is 0 Å². The number of carbonyl (C=O) groups is 1. The van der Waals surface area contributed by atoms with E-state index in [1.165, 1.54) is 0 Å². The highest BCUT2D eigenvalue weighted by molar-refractivity contribution is 5.98. The normalized spacial score (nSPS) is 22.1. The van der Waals surface area contributed by atoms with Crippen LogP contribution >= 0.6 is 0 Å². The molecule has 2 saturated heterocycles. The zero-order chi connectivity index (χ0) is 14.7. The number of ether oxygens (including phenoxy) is 3. The number of nitrogens with one attached hydrogen (secondary N) is 1. The Morgan fingerprint density at radius 2 is 1.71 bits per heavy atom. The fraction of sp³-hybridized carbons (Fsp3) is 0.533. The Morgan fingerprint density at radius 1 is 1.10 bits per heavy atom. The molecule has 2 heterocycles. The summed E-state index contributed by atoms with van der Waals surface area (Å²) < 4.78 is 16.1. The maximum atomic E-state index is 12.3. The molecule has 6 heteroatoms. The second-order valence-corrected chi connectivity index (χ2v) is 5.42.